The van der Waals surface area contributed by atoms with Crippen LogP contribution in [0, 0.1) is 0 Å². The molecule has 0 atom stereocenters. The Hall–Kier alpha value is -1.57. The monoisotopic (exact) mass is 318 g/mol. The normalized spacial score (nSPS) is 11.3. The zero-order chi connectivity index (χ0) is 14.0. The van der Waals surface area contributed by atoms with E-state index in [0.717, 1.165) is 0 Å². The van der Waals surface area contributed by atoms with Crippen molar-refractivity contribution in [3.8, 4) is 0 Å². The number of anilines is 2. The molecule has 0 saturated carbocycles. The van der Waals surface area contributed by atoms with Crippen LogP contribution in [0.15, 0.2) is 35.4 Å². The fourth-order valence-corrected chi connectivity index (χ4v) is 2.71. The average molecular weight is 319 g/mol. The van der Waals surface area contributed by atoms with Crippen molar-refractivity contribution >= 4 is 44.9 Å². The van der Waals surface area contributed by atoms with E-state index >= 15 is 0 Å². The topological polar surface area (TPSA) is 98.0 Å². The van der Waals surface area contributed by atoms with Crippen LogP contribution in [0.1, 0.15) is 0 Å². The highest BCUT2D eigenvalue weighted by atomic mass is 35.5. The highest BCUT2D eigenvalue weighted by molar-refractivity contribution is 7.92. The van der Waals surface area contributed by atoms with Crippen molar-refractivity contribution in [2.24, 2.45) is 0 Å². The Labute approximate surface area is 119 Å². The van der Waals surface area contributed by atoms with Crippen LogP contribution in [0.2, 0.25) is 10.2 Å². The summed E-state index contributed by atoms with van der Waals surface area (Å²) in [7, 11) is -3.89. The standard InChI is InChI=1S/C10H8Cl2N4O2S/c11-6-1-2-8(7(13)5-6)19(17,18)16-10-14-4-3-9(12)15-10/h1-5H,13H2,(H,14,15,16). The first kappa shape index (κ1) is 13.9. The minimum absolute atomic E-state index is 0.0297. The van der Waals surface area contributed by atoms with Gasteiger partial charge in [-0.15, -0.1) is 0 Å². The molecule has 0 unspecified atom stereocenters. The van der Waals surface area contributed by atoms with Gasteiger partial charge in [-0.1, -0.05) is 23.2 Å². The summed E-state index contributed by atoms with van der Waals surface area (Å²) < 4.78 is 26.4. The second-order valence-electron chi connectivity index (χ2n) is 3.49. The quantitative estimate of drug-likeness (QED) is 0.667. The van der Waals surface area contributed by atoms with Gasteiger partial charge in [-0.05, 0) is 24.3 Å². The van der Waals surface area contributed by atoms with E-state index in [-0.39, 0.29) is 21.7 Å². The summed E-state index contributed by atoms with van der Waals surface area (Å²) in [5.74, 6) is -0.137. The number of nitrogens with two attached hydrogens (primary N) is 1. The van der Waals surface area contributed by atoms with Crippen molar-refractivity contribution in [3.05, 3.63) is 40.6 Å². The number of sulfonamides is 1. The summed E-state index contributed by atoms with van der Waals surface area (Å²) in [6.45, 7) is 0. The maximum Gasteiger partial charge on any atom is 0.266 e. The lowest BCUT2D eigenvalue weighted by Crippen LogP contribution is -2.16. The highest BCUT2D eigenvalue weighted by Gasteiger charge is 2.19. The maximum absolute atomic E-state index is 12.1. The lowest BCUT2D eigenvalue weighted by Gasteiger charge is -2.09. The van der Waals surface area contributed by atoms with E-state index in [0.29, 0.717) is 5.02 Å². The Kier molecular flexibility index (Phi) is 3.79. The molecule has 0 aliphatic rings. The number of benzene rings is 1. The molecule has 9 heteroatoms. The molecular weight excluding hydrogens is 311 g/mol. The first-order valence-electron chi connectivity index (χ1n) is 4.95. The van der Waals surface area contributed by atoms with Gasteiger partial charge >= 0.3 is 0 Å². The van der Waals surface area contributed by atoms with Gasteiger partial charge in [-0.25, -0.2) is 23.1 Å². The predicted octanol–water partition coefficient (Wildman–Crippen LogP) is 2.17. The van der Waals surface area contributed by atoms with Gasteiger partial charge in [0.05, 0.1) is 5.69 Å². The summed E-state index contributed by atoms with van der Waals surface area (Å²) in [6, 6.07) is 5.49. The van der Waals surface area contributed by atoms with Crippen molar-refractivity contribution < 1.29 is 8.42 Å². The number of hydrogen-bond donors (Lipinski definition) is 2. The lowest BCUT2D eigenvalue weighted by molar-refractivity contribution is 0.601. The number of hydrogen-bond acceptors (Lipinski definition) is 5. The summed E-state index contributed by atoms with van der Waals surface area (Å²) in [6.07, 6.45) is 1.33. The fourth-order valence-electron chi connectivity index (χ4n) is 1.33. The summed E-state index contributed by atoms with van der Waals surface area (Å²) in [4.78, 5) is 7.36. The van der Waals surface area contributed by atoms with Crippen LogP contribution in [0.25, 0.3) is 0 Å². The van der Waals surface area contributed by atoms with Crippen molar-refractivity contribution in [1.82, 2.24) is 9.97 Å². The molecule has 0 fully saturated rings. The van der Waals surface area contributed by atoms with E-state index in [1.807, 2.05) is 0 Å². The minimum atomic E-state index is -3.89. The molecule has 1 aromatic heterocycles. The first-order chi connectivity index (χ1) is 8.88. The van der Waals surface area contributed by atoms with Crippen molar-refractivity contribution in [2.75, 3.05) is 10.5 Å². The molecule has 3 N–H and O–H groups in total. The molecular formula is C10H8Cl2N4O2S. The van der Waals surface area contributed by atoms with E-state index in [9.17, 15) is 8.42 Å². The molecule has 0 spiro atoms. The molecule has 2 rings (SSSR count). The molecule has 0 amide bonds. The zero-order valence-corrected chi connectivity index (χ0v) is 11.7. The van der Waals surface area contributed by atoms with Gasteiger partial charge in [0.15, 0.2) is 0 Å². The number of nitrogens with one attached hydrogen (secondary N) is 1. The maximum atomic E-state index is 12.1. The smallest absolute Gasteiger partial charge is 0.266 e. The van der Waals surface area contributed by atoms with E-state index in [1.54, 1.807) is 0 Å². The molecule has 0 aliphatic carbocycles. The van der Waals surface area contributed by atoms with Crippen LogP contribution in [-0.2, 0) is 10.0 Å². The summed E-state index contributed by atoms with van der Waals surface area (Å²) in [5.41, 5.74) is 5.65. The highest BCUT2D eigenvalue weighted by Crippen LogP contribution is 2.23. The van der Waals surface area contributed by atoms with Crippen LogP contribution >= 0.6 is 23.2 Å². The Morgan fingerprint density at radius 1 is 1.21 bits per heavy atom. The van der Waals surface area contributed by atoms with Gasteiger partial charge in [0.25, 0.3) is 10.0 Å². The molecule has 0 radical (unpaired) electrons. The van der Waals surface area contributed by atoms with Gasteiger partial charge in [0, 0.05) is 11.2 Å². The van der Waals surface area contributed by atoms with E-state index < -0.39 is 10.0 Å². The van der Waals surface area contributed by atoms with E-state index in [4.69, 9.17) is 28.9 Å². The van der Waals surface area contributed by atoms with Crippen LogP contribution < -0.4 is 10.5 Å². The summed E-state index contributed by atoms with van der Waals surface area (Å²) in [5, 5.41) is 0.465. The van der Waals surface area contributed by atoms with Gasteiger partial charge in [-0.3, -0.25) is 0 Å². The third-order valence-corrected chi connectivity index (χ3v) is 3.96. The van der Waals surface area contributed by atoms with Crippen molar-refractivity contribution in [3.63, 3.8) is 0 Å². The van der Waals surface area contributed by atoms with Crippen molar-refractivity contribution in [2.45, 2.75) is 4.90 Å². The Morgan fingerprint density at radius 2 is 1.95 bits per heavy atom. The van der Waals surface area contributed by atoms with Crippen LogP contribution in [0.3, 0.4) is 0 Å². The molecule has 0 saturated heterocycles. The van der Waals surface area contributed by atoms with E-state index in [1.165, 1.54) is 30.5 Å². The largest absolute Gasteiger partial charge is 0.398 e. The molecule has 6 nitrogen and oxygen atoms in total. The molecule has 0 bridgehead atoms. The Bertz CT molecular complexity index is 721. The number of rotatable bonds is 3. The molecule has 1 aromatic carbocycles. The number of nitrogen functional groups attached to an aromatic ring is 1. The zero-order valence-electron chi connectivity index (χ0n) is 9.34. The lowest BCUT2D eigenvalue weighted by atomic mass is 10.3. The summed E-state index contributed by atoms with van der Waals surface area (Å²) >= 11 is 11.4. The third-order valence-electron chi connectivity index (χ3n) is 2.11. The molecule has 0 aliphatic heterocycles. The number of nitrogens with zero attached hydrogens (tertiary/aromatic N) is 2. The molecule has 19 heavy (non-hydrogen) atoms. The molecule has 2 aromatic rings. The predicted molar refractivity (Wildman–Crippen MR) is 73.7 cm³/mol. The second-order valence-corrected chi connectivity index (χ2v) is 5.97. The van der Waals surface area contributed by atoms with Crippen LogP contribution in [0.5, 0.6) is 0 Å². The number of halogens is 2. The van der Waals surface area contributed by atoms with Crippen molar-refractivity contribution in [1.29, 1.82) is 0 Å². The van der Waals surface area contributed by atoms with Crippen LogP contribution in [0.4, 0.5) is 11.6 Å². The van der Waals surface area contributed by atoms with Crippen LogP contribution in [-0.4, -0.2) is 18.4 Å². The Balaban J connectivity index is 2.38. The number of aromatic nitrogens is 2. The first-order valence-corrected chi connectivity index (χ1v) is 7.19. The average Bonchev–Trinajstić information content (AvgIpc) is 2.27. The third kappa shape index (κ3) is 3.25. The van der Waals surface area contributed by atoms with Gasteiger partial charge in [0.2, 0.25) is 5.95 Å². The molecule has 1 heterocycles. The van der Waals surface area contributed by atoms with Gasteiger partial charge < -0.3 is 5.73 Å². The van der Waals surface area contributed by atoms with E-state index in [2.05, 4.69) is 14.7 Å². The Morgan fingerprint density at radius 3 is 2.58 bits per heavy atom. The second kappa shape index (κ2) is 5.20. The van der Waals surface area contributed by atoms with Gasteiger partial charge in [-0.2, -0.15) is 0 Å². The van der Waals surface area contributed by atoms with Gasteiger partial charge in [0.1, 0.15) is 10.0 Å². The fraction of sp³-hybridized carbons (Fsp3) is 0. The molecule has 100 valence electrons. The SMILES string of the molecule is Nc1cc(Cl)ccc1S(=O)(=O)Nc1nccc(Cl)n1. The minimum Gasteiger partial charge on any atom is -0.398 e.